The fourth-order valence-electron chi connectivity index (χ4n) is 6.38. The monoisotopic (exact) mass is 869 g/mol. The van der Waals surface area contributed by atoms with Gasteiger partial charge in [-0.05, 0) is 77.0 Å². The third-order valence-corrected chi connectivity index (χ3v) is 10.3. The lowest BCUT2D eigenvalue weighted by Crippen LogP contribution is -2.60. The van der Waals surface area contributed by atoms with E-state index in [4.69, 9.17) is 23.5 Å². The number of hydrogen-bond donors (Lipinski definition) is 4. The van der Waals surface area contributed by atoms with E-state index in [1.165, 1.54) is 19.3 Å². The molecule has 60 heavy (non-hydrogen) atoms. The van der Waals surface area contributed by atoms with Gasteiger partial charge < -0.3 is 34.3 Å². The summed E-state index contributed by atoms with van der Waals surface area (Å²) >= 11 is 0. The first-order chi connectivity index (χ1) is 29.1. The Balaban J connectivity index is 2.40. The summed E-state index contributed by atoms with van der Waals surface area (Å²) in [5, 5.41) is 30.6. The molecule has 13 heteroatoms. The van der Waals surface area contributed by atoms with Crippen LogP contribution in [0.15, 0.2) is 72.9 Å². The van der Waals surface area contributed by atoms with Gasteiger partial charge in [0, 0.05) is 13.0 Å². The van der Waals surface area contributed by atoms with Crippen LogP contribution in [0.2, 0.25) is 0 Å². The fourth-order valence-corrected chi connectivity index (χ4v) is 6.89. The molecule has 0 amide bonds. The third kappa shape index (κ3) is 31.4. The van der Waals surface area contributed by atoms with Crippen molar-refractivity contribution in [2.45, 2.75) is 192 Å². The van der Waals surface area contributed by atoms with Crippen molar-refractivity contribution in [3.05, 3.63) is 72.9 Å². The molecular weight excluding hydrogens is 789 g/mol. The molecule has 1 heterocycles. The van der Waals surface area contributed by atoms with E-state index < -0.39 is 59.8 Å². The van der Waals surface area contributed by atoms with E-state index in [9.17, 15) is 28.5 Å². The summed E-state index contributed by atoms with van der Waals surface area (Å²) in [4.78, 5) is 12.8. The molecule has 1 fully saturated rings. The molecule has 0 aromatic rings. The second kappa shape index (κ2) is 38.2. The Hall–Kier alpha value is -2.46. The van der Waals surface area contributed by atoms with Crippen LogP contribution in [0.5, 0.6) is 0 Å². The Morgan fingerprint density at radius 1 is 0.650 bits per heavy atom. The number of ether oxygens (including phenoxy) is 4. The van der Waals surface area contributed by atoms with Crippen LogP contribution in [0.25, 0.3) is 0 Å². The van der Waals surface area contributed by atoms with Crippen molar-refractivity contribution in [1.29, 1.82) is 0 Å². The highest BCUT2D eigenvalue weighted by molar-refractivity contribution is 7.80. The van der Waals surface area contributed by atoms with Crippen LogP contribution in [-0.2, 0) is 38.3 Å². The van der Waals surface area contributed by atoms with Gasteiger partial charge in [-0.3, -0.25) is 9.35 Å². The Kier molecular flexibility index (Phi) is 35.4. The van der Waals surface area contributed by atoms with Crippen molar-refractivity contribution in [1.82, 2.24) is 0 Å². The van der Waals surface area contributed by atoms with E-state index in [0.717, 1.165) is 109 Å². The third-order valence-electron chi connectivity index (χ3n) is 9.81. The van der Waals surface area contributed by atoms with E-state index in [1.54, 1.807) is 0 Å². The summed E-state index contributed by atoms with van der Waals surface area (Å²) in [6.07, 6.45) is 39.4. The van der Waals surface area contributed by atoms with Crippen LogP contribution < -0.4 is 0 Å². The van der Waals surface area contributed by atoms with Crippen LogP contribution in [0, 0.1) is 0 Å². The van der Waals surface area contributed by atoms with Gasteiger partial charge in [0.15, 0.2) is 6.29 Å². The Labute approximate surface area is 362 Å². The molecule has 0 bridgehead atoms. The second-order valence-electron chi connectivity index (χ2n) is 15.3. The van der Waals surface area contributed by atoms with E-state index in [-0.39, 0.29) is 19.6 Å². The number of unbranched alkanes of at least 4 members (excludes halogenated alkanes) is 13. The maximum atomic E-state index is 12.8. The zero-order chi connectivity index (χ0) is 43.9. The van der Waals surface area contributed by atoms with Gasteiger partial charge in [0.1, 0.15) is 30.5 Å². The van der Waals surface area contributed by atoms with E-state index in [0.29, 0.717) is 13.0 Å². The zero-order valence-electron chi connectivity index (χ0n) is 36.7. The molecule has 1 saturated heterocycles. The number of esters is 1. The van der Waals surface area contributed by atoms with E-state index >= 15 is 0 Å². The summed E-state index contributed by atoms with van der Waals surface area (Å²) in [5.74, 6) is -0.419. The lowest BCUT2D eigenvalue weighted by molar-refractivity contribution is -0.301. The lowest BCUT2D eigenvalue weighted by atomic mass is 9.99. The minimum Gasteiger partial charge on any atom is -0.457 e. The number of hydrogen-bond acceptors (Lipinski definition) is 11. The number of carbonyl (C=O) groups excluding carboxylic acids is 1. The number of aliphatic hydroxyl groups is 3. The predicted molar refractivity (Wildman–Crippen MR) is 239 cm³/mol. The molecule has 6 unspecified atom stereocenters. The van der Waals surface area contributed by atoms with Crippen LogP contribution in [0.4, 0.5) is 0 Å². The van der Waals surface area contributed by atoms with Crippen molar-refractivity contribution in [3.8, 4) is 0 Å². The number of aliphatic hydroxyl groups excluding tert-OH is 3. The average Bonchev–Trinajstić information content (AvgIpc) is 3.22. The van der Waals surface area contributed by atoms with Crippen LogP contribution in [0.3, 0.4) is 0 Å². The molecule has 0 radical (unpaired) electrons. The van der Waals surface area contributed by atoms with Crippen molar-refractivity contribution in [2.75, 3.05) is 26.4 Å². The molecule has 12 nitrogen and oxygen atoms in total. The van der Waals surface area contributed by atoms with Crippen molar-refractivity contribution < 1.29 is 56.2 Å². The Bertz CT molecular complexity index is 1330. The topological polar surface area (TPSA) is 178 Å². The van der Waals surface area contributed by atoms with Crippen molar-refractivity contribution in [3.63, 3.8) is 0 Å². The van der Waals surface area contributed by atoms with Gasteiger partial charge in [0.25, 0.3) is 0 Å². The molecular formula is C47H80O12S. The first-order valence-corrected chi connectivity index (χ1v) is 24.1. The zero-order valence-corrected chi connectivity index (χ0v) is 37.6. The first-order valence-electron chi connectivity index (χ1n) is 22.7. The quantitative estimate of drug-likeness (QED) is 0.0200. The van der Waals surface area contributed by atoms with Crippen LogP contribution in [0.1, 0.15) is 155 Å². The molecule has 4 N–H and O–H groups in total. The Morgan fingerprint density at radius 2 is 1.15 bits per heavy atom. The number of rotatable bonds is 38. The summed E-state index contributed by atoms with van der Waals surface area (Å²) in [6.45, 7) is 3.76. The van der Waals surface area contributed by atoms with Crippen molar-refractivity contribution in [2.24, 2.45) is 0 Å². The average molecular weight is 869 g/mol. The smallest absolute Gasteiger partial charge is 0.397 e. The maximum absolute atomic E-state index is 12.8. The molecule has 1 rings (SSSR count). The fraction of sp³-hybridized carbons (Fsp3) is 0.723. The predicted octanol–water partition coefficient (Wildman–Crippen LogP) is 9.52. The summed E-state index contributed by atoms with van der Waals surface area (Å²) in [6, 6.07) is 0. The molecule has 0 aromatic carbocycles. The maximum Gasteiger partial charge on any atom is 0.397 e. The minimum absolute atomic E-state index is 0.0184. The number of allylic oxidation sites excluding steroid dienone is 12. The largest absolute Gasteiger partial charge is 0.457 e. The van der Waals surface area contributed by atoms with Crippen LogP contribution >= 0.6 is 0 Å². The van der Waals surface area contributed by atoms with Gasteiger partial charge in [0.05, 0.1) is 19.8 Å². The Morgan fingerprint density at radius 3 is 1.70 bits per heavy atom. The van der Waals surface area contributed by atoms with Gasteiger partial charge in [-0.25, -0.2) is 4.18 Å². The number of carbonyl (C=O) groups is 1. The normalized spacial score (nSPS) is 20.9. The lowest BCUT2D eigenvalue weighted by Gasteiger charge is -2.41. The molecule has 0 aliphatic carbocycles. The molecule has 1 aliphatic heterocycles. The van der Waals surface area contributed by atoms with E-state index in [1.807, 2.05) is 0 Å². The SMILES string of the molecule is CC/C=C\C/C=C\C/C=C\C/C=C\C/C=C\CCCCCCCCOCC(COC1OC(CO)C(O)C(OS(=O)(=O)O)C1O)OC(=O)CCCCCCC/C=C\CCCC. The second-order valence-corrected chi connectivity index (χ2v) is 16.3. The standard InChI is InChI=1S/C47H80O12S/c1-3-5-7-9-11-13-15-16-17-18-19-20-21-22-23-24-25-27-29-31-33-35-37-55-39-41(57-43(49)36-34-32-30-28-26-14-12-10-8-6-4-2)40-56-47-45(51)46(59-60(52,53)54)44(50)42(38-48)58-47/h5,7,10-13,16-17,19-20,22-23,41-42,44-48,50-51H,3-4,6,8-9,14-15,18,21,24-40H2,1-2H3,(H,52,53,54)/b7-5-,12-10-,13-11-,17-16-,20-19-,23-22-. The molecule has 1 aliphatic rings. The minimum atomic E-state index is -5.07. The van der Waals surface area contributed by atoms with Gasteiger partial charge in [0.2, 0.25) is 0 Å². The highest BCUT2D eigenvalue weighted by Gasteiger charge is 2.48. The summed E-state index contributed by atoms with van der Waals surface area (Å²) < 4.78 is 59.0. The van der Waals surface area contributed by atoms with Gasteiger partial charge >= 0.3 is 16.4 Å². The first kappa shape index (κ1) is 55.6. The van der Waals surface area contributed by atoms with Gasteiger partial charge in [-0.15, -0.1) is 0 Å². The van der Waals surface area contributed by atoms with E-state index in [2.05, 4.69) is 90.9 Å². The molecule has 6 atom stereocenters. The molecule has 346 valence electrons. The van der Waals surface area contributed by atoms with Gasteiger partial charge in [-0.2, -0.15) is 8.42 Å². The molecule has 0 aromatic heterocycles. The van der Waals surface area contributed by atoms with Gasteiger partial charge in [-0.1, -0.05) is 145 Å². The highest BCUT2D eigenvalue weighted by atomic mass is 32.3. The summed E-state index contributed by atoms with van der Waals surface area (Å²) in [5.41, 5.74) is 0. The van der Waals surface area contributed by atoms with Crippen LogP contribution in [-0.4, -0.2) is 97.5 Å². The molecule has 0 saturated carbocycles. The highest BCUT2D eigenvalue weighted by Crippen LogP contribution is 2.26. The molecule has 0 spiro atoms. The summed E-state index contributed by atoms with van der Waals surface area (Å²) in [7, 11) is -5.07. The van der Waals surface area contributed by atoms with Crippen molar-refractivity contribution >= 4 is 16.4 Å².